The van der Waals surface area contributed by atoms with Crippen molar-refractivity contribution >= 4 is 39.8 Å². The number of ether oxygens (including phenoxy) is 1. The lowest BCUT2D eigenvalue weighted by molar-refractivity contribution is -0.131. The van der Waals surface area contributed by atoms with Gasteiger partial charge in [0.05, 0.1) is 35.8 Å². The quantitative estimate of drug-likeness (QED) is 0.301. The van der Waals surface area contributed by atoms with Gasteiger partial charge in [-0.1, -0.05) is 42.4 Å². The molecule has 0 saturated carbocycles. The second-order valence-corrected chi connectivity index (χ2v) is 12.1. The van der Waals surface area contributed by atoms with Gasteiger partial charge < -0.3 is 19.4 Å². The summed E-state index contributed by atoms with van der Waals surface area (Å²) in [5.74, 6) is -1.13. The largest absolute Gasteiger partial charge is 0.462 e. The molecule has 2 aromatic carbocycles. The van der Waals surface area contributed by atoms with Crippen LogP contribution in [0.15, 0.2) is 48.8 Å². The van der Waals surface area contributed by atoms with Crippen LogP contribution in [0, 0.1) is 11.3 Å². The number of halogens is 3. The van der Waals surface area contributed by atoms with Gasteiger partial charge in [-0.25, -0.2) is 8.78 Å². The van der Waals surface area contributed by atoms with Gasteiger partial charge in [-0.2, -0.15) is 15.2 Å². The van der Waals surface area contributed by atoms with E-state index in [-0.39, 0.29) is 25.0 Å². The third kappa shape index (κ3) is 6.40. The highest BCUT2D eigenvalue weighted by Crippen LogP contribution is 2.37. The molecule has 9 nitrogen and oxygen atoms in total. The van der Waals surface area contributed by atoms with E-state index in [0.717, 1.165) is 47.1 Å². The number of nitriles is 1. The van der Waals surface area contributed by atoms with Crippen LogP contribution in [0.1, 0.15) is 30.5 Å². The first-order chi connectivity index (χ1) is 21.9. The monoisotopic (exact) mass is 635 g/mol. The first-order valence-electron chi connectivity index (χ1n) is 15.4. The fraction of sp³-hybridized carbons (Fsp3) is 0.455. The third-order valence-corrected chi connectivity index (χ3v) is 9.39. The number of carbonyl (C=O) groups is 1. The van der Waals surface area contributed by atoms with E-state index in [1.165, 1.54) is 4.90 Å². The molecule has 0 aliphatic carbocycles. The second kappa shape index (κ2) is 13.5. The Morgan fingerprint density at radius 2 is 1.93 bits per heavy atom. The number of rotatable bonds is 9. The normalized spacial score (nSPS) is 20.3. The maximum Gasteiger partial charge on any atom is 0.318 e. The second-order valence-electron chi connectivity index (χ2n) is 11.7. The van der Waals surface area contributed by atoms with Crippen LogP contribution in [0.25, 0.3) is 10.8 Å². The number of hydrogen-bond acceptors (Lipinski definition) is 8. The number of fused-ring (bicyclic) bond motifs is 2. The van der Waals surface area contributed by atoms with Gasteiger partial charge in [-0.15, -0.1) is 0 Å². The van der Waals surface area contributed by atoms with Crippen molar-refractivity contribution in [2.45, 2.75) is 44.3 Å². The van der Waals surface area contributed by atoms with Crippen LogP contribution in [-0.2, 0) is 17.8 Å². The lowest BCUT2D eigenvalue weighted by atomic mass is 10.0. The van der Waals surface area contributed by atoms with Crippen LogP contribution in [0.3, 0.4) is 0 Å². The predicted octanol–water partition coefficient (Wildman–Crippen LogP) is 5.07. The number of anilines is 2. The van der Waals surface area contributed by atoms with Crippen LogP contribution in [0.2, 0.25) is 5.02 Å². The molecule has 3 aliphatic heterocycles. The number of hydrogen-bond donors (Lipinski definition) is 0. The Hall–Kier alpha value is -4.01. The van der Waals surface area contributed by atoms with E-state index in [9.17, 15) is 18.8 Å². The van der Waals surface area contributed by atoms with E-state index >= 15 is 0 Å². The van der Waals surface area contributed by atoms with Gasteiger partial charge in [-0.3, -0.25) is 9.69 Å². The van der Waals surface area contributed by atoms with Gasteiger partial charge in [0, 0.05) is 55.4 Å². The topological polar surface area (TPSA) is 88.8 Å². The Morgan fingerprint density at radius 3 is 2.71 bits per heavy atom. The molecule has 6 rings (SSSR count). The van der Waals surface area contributed by atoms with E-state index < -0.39 is 24.5 Å². The summed E-state index contributed by atoms with van der Waals surface area (Å²) in [4.78, 5) is 30.1. The van der Waals surface area contributed by atoms with Crippen LogP contribution >= 0.6 is 11.6 Å². The average Bonchev–Trinajstić information content (AvgIpc) is 3.50. The van der Waals surface area contributed by atoms with E-state index in [0.29, 0.717) is 56.6 Å². The van der Waals surface area contributed by atoms with Crippen molar-refractivity contribution in [2.24, 2.45) is 0 Å². The Kier molecular flexibility index (Phi) is 9.33. The molecule has 3 aliphatic rings. The summed E-state index contributed by atoms with van der Waals surface area (Å²) >= 11 is 6.68. The highest BCUT2D eigenvalue weighted by Gasteiger charge is 2.35. The summed E-state index contributed by atoms with van der Waals surface area (Å²) in [5.41, 5.74) is 2.83. The maximum absolute atomic E-state index is 13.8. The predicted molar refractivity (Wildman–Crippen MR) is 170 cm³/mol. The Labute approximate surface area is 266 Å². The highest BCUT2D eigenvalue weighted by molar-refractivity contribution is 6.36. The smallest absolute Gasteiger partial charge is 0.318 e. The molecule has 2 fully saturated rings. The minimum absolute atomic E-state index is 0.0495. The minimum Gasteiger partial charge on any atom is -0.462 e. The van der Waals surface area contributed by atoms with Crippen molar-refractivity contribution in [2.75, 3.05) is 62.3 Å². The molecule has 2 saturated heterocycles. The van der Waals surface area contributed by atoms with Crippen LogP contribution < -0.4 is 14.5 Å². The molecular weight excluding hydrogens is 600 g/mol. The molecule has 2 atom stereocenters. The summed E-state index contributed by atoms with van der Waals surface area (Å²) in [7, 11) is 0. The molecule has 1 aromatic heterocycles. The van der Waals surface area contributed by atoms with Crippen molar-refractivity contribution in [1.82, 2.24) is 19.8 Å². The Balaban J connectivity index is 1.33. The average molecular weight is 636 g/mol. The molecule has 0 bridgehead atoms. The van der Waals surface area contributed by atoms with E-state index in [1.54, 1.807) is 0 Å². The van der Waals surface area contributed by atoms with Gasteiger partial charge in [0.25, 0.3) is 5.91 Å². The SMILES string of the molecule is C=C(F)C(=O)N1CCN(c2nc(OC[C@@H]3CCCN3CCF)nc3c2CCN(c2cccc4cccc(Cl)c24)C3)C[C@@H]1CC#N. The summed E-state index contributed by atoms with van der Waals surface area (Å²) in [6.07, 6.45) is 2.61. The van der Waals surface area contributed by atoms with Gasteiger partial charge >= 0.3 is 6.01 Å². The third-order valence-electron chi connectivity index (χ3n) is 9.07. The Bertz CT molecular complexity index is 1630. The van der Waals surface area contributed by atoms with Crippen molar-refractivity contribution in [3.8, 4) is 12.1 Å². The first kappa shape index (κ1) is 31.0. The van der Waals surface area contributed by atoms with Crippen LogP contribution in [0.4, 0.5) is 20.3 Å². The summed E-state index contributed by atoms with van der Waals surface area (Å²) in [6, 6.07) is 14.0. The molecule has 4 heterocycles. The fourth-order valence-electron chi connectivity index (χ4n) is 6.87. The number of alkyl halides is 1. The summed E-state index contributed by atoms with van der Waals surface area (Å²) in [5, 5.41) is 12.2. The molecule has 0 unspecified atom stereocenters. The number of nitrogens with zero attached hydrogens (tertiary/aromatic N) is 7. The van der Waals surface area contributed by atoms with E-state index in [1.807, 2.05) is 30.3 Å². The summed E-state index contributed by atoms with van der Waals surface area (Å²) in [6.45, 7) is 6.47. The number of carbonyl (C=O) groups excluding carboxylic acids is 1. The molecule has 3 aromatic rings. The van der Waals surface area contributed by atoms with Crippen LogP contribution in [0.5, 0.6) is 6.01 Å². The van der Waals surface area contributed by atoms with Gasteiger partial charge in [0.1, 0.15) is 19.1 Å². The molecular formula is C33H36ClF2N7O2. The van der Waals surface area contributed by atoms with E-state index in [2.05, 4.69) is 33.4 Å². The molecule has 12 heteroatoms. The Morgan fingerprint density at radius 1 is 1.11 bits per heavy atom. The van der Waals surface area contributed by atoms with Crippen molar-refractivity contribution < 1.29 is 18.3 Å². The fourth-order valence-corrected chi connectivity index (χ4v) is 7.15. The number of benzene rings is 2. The number of aromatic nitrogens is 2. The first-order valence-corrected chi connectivity index (χ1v) is 15.8. The van der Waals surface area contributed by atoms with Gasteiger partial charge in [-0.05, 0) is 43.3 Å². The lowest BCUT2D eigenvalue weighted by Gasteiger charge is -2.42. The number of amides is 1. The molecule has 1 amide bonds. The standard InChI is InChI=1S/C33H36ClF2N7O2/c1-22(36)32(44)43-18-17-42(19-24(43)10-13-37)31-26-11-15-41(29-9-3-6-23-5-2-8-27(34)30(23)29)20-28(26)38-33(39-31)45-21-25-7-4-14-40(25)16-12-35/h2-3,5-6,8-9,24-25H,1,4,7,10-12,14-21H2/t24-,25-/m0/s1. The van der Waals surface area contributed by atoms with Crippen molar-refractivity contribution in [1.29, 1.82) is 5.26 Å². The zero-order valence-electron chi connectivity index (χ0n) is 25.1. The molecule has 0 spiro atoms. The zero-order chi connectivity index (χ0) is 31.5. The van der Waals surface area contributed by atoms with Crippen molar-refractivity contribution in [3.05, 3.63) is 65.1 Å². The van der Waals surface area contributed by atoms with Crippen molar-refractivity contribution in [3.63, 3.8) is 0 Å². The minimum atomic E-state index is -1.04. The van der Waals surface area contributed by atoms with Gasteiger partial charge in [0.15, 0.2) is 5.83 Å². The van der Waals surface area contributed by atoms with Crippen LogP contribution in [-0.4, -0.2) is 90.3 Å². The number of piperazine rings is 1. The van der Waals surface area contributed by atoms with Gasteiger partial charge in [0.2, 0.25) is 0 Å². The number of likely N-dealkylation sites (tertiary alicyclic amines) is 1. The highest BCUT2D eigenvalue weighted by atomic mass is 35.5. The van der Waals surface area contributed by atoms with E-state index in [4.69, 9.17) is 26.3 Å². The summed E-state index contributed by atoms with van der Waals surface area (Å²) < 4.78 is 33.2. The molecule has 0 radical (unpaired) electrons. The zero-order valence-corrected chi connectivity index (χ0v) is 25.9. The molecule has 45 heavy (non-hydrogen) atoms. The maximum atomic E-state index is 13.8. The lowest BCUT2D eigenvalue weighted by Crippen LogP contribution is -2.55. The molecule has 236 valence electrons. The molecule has 0 N–H and O–H groups in total.